The number of esters is 1. The van der Waals surface area contributed by atoms with E-state index in [1.807, 2.05) is 5.32 Å². The molecule has 0 spiro atoms. The molecule has 0 aliphatic heterocycles. The molecule has 11 heteroatoms. The maximum absolute atomic E-state index is 13.7. The summed E-state index contributed by atoms with van der Waals surface area (Å²) in [5.74, 6) is -2.89. The number of methoxy groups -OCH3 is 1. The van der Waals surface area contributed by atoms with Gasteiger partial charge >= 0.3 is 17.8 Å². The highest BCUT2D eigenvalue weighted by atomic mass is 35.5. The molecule has 1 atom stereocenters. The maximum Gasteiger partial charge on any atom is 0.442 e. The van der Waals surface area contributed by atoms with E-state index < -0.39 is 23.7 Å². The largest absolute Gasteiger partial charge is 0.466 e. The van der Waals surface area contributed by atoms with E-state index in [2.05, 4.69) is 9.72 Å². The van der Waals surface area contributed by atoms with Crippen molar-refractivity contribution in [3.63, 3.8) is 0 Å². The lowest BCUT2D eigenvalue weighted by Crippen LogP contribution is -2.69. The number of hydrogen-bond donors (Lipinski definition) is 2. The third-order valence-corrected chi connectivity index (χ3v) is 3.99. The topological polar surface area (TPSA) is 80.3 Å². The van der Waals surface area contributed by atoms with E-state index in [-0.39, 0.29) is 10.7 Å². The van der Waals surface area contributed by atoms with Crippen molar-refractivity contribution >= 4 is 39.9 Å². The first-order valence-electron chi connectivity index (χ1n) is 6.60. The van der Waals surface area contributed by atoms with Crippen molar-refractivity contribution in [3.05, 3.63) is 46.4 Å². The lowest BCUT2D eigenvalue weighted by atomic mass is 10.1. The summed E-state index contributed by atoms with van der Waals surface area (Å²) < 4.78 is 45.4. The molecule has 1 aromatic heterocycles. The Balaban J connectivity index is 2.43. The van der Waals surface area contributed by atoms with Crippen LogP contribution in [0.25, 0.3) is 0 Å². The van der Waals surface area contributed by atoms with Crippen molar-refractivity contribution in [3.8, 4) is 0 Å². The molecule has 1 aromatic carbocycles. The van der Waals surface area contributed by atoms with Gasteiger partial charge in [-0.3, -0.25) is 4.79 Å². The Hall–Kier alpha value is -2.33. The standard InChI is InChI=1S/C14H11ClF3N3O3S/c1-24-11(23)13(14(16,17)18,21-12-19-6-7-25-12)20-10(22)8-2-4-9(15)5-3-8/h2-7H,1H3,(H,19,21)(H,20,22). The van der Waals surface area contributed by atoms with Gasteiger partial charge < -0.3 is 15.4 Å². The number of alkyl halides is 3. The van der Waals surface area contributed by atoms with Gasteiger partial charge in [-0.05, 0) is 24.3 Å². The second-order valence-corrected chi connectivity index (χ2v) is 5.99. The van der Waals surface area contributed by atoms with Crippen LogP contribution in [0.5, 0.6) is 0 Å². The van der Waals surface area contributed by atoms with Crippen LogP contribution in [0.2, 0.25) is 5.02 Å². The molecular weight excluding hydrogens is 383 g/mol. The monoisotopic (exact) mass is 393 g/mol. The molecule has 1 unspecified atom stereocenters. The third kappa shape index (κ3) is 4.02. The normalized spacial score (nSPS) is 13.6. The number of anilines is 1. The Morgan fingerprint density at radius 1 is 1.24 bits per heavy atom. The van der Waals surface area contributed by atoms with Gasteiger partial charge in [0.25, 0.3) is 5.91 Å². The molecular formula is C14H11ClF3N3O3S. The fraction of sp³-hybridized carbons (Fsp3) is 0.214. The van der Waals surface area contributed by atoms with Gasteiger partial charge in [0.15, 0.2) is 5.13 Å². The molecule has 0 bridgehead atoms. The number of rotatable bonds is 5. The van der Waals surface area contributed by atoms with Crippen LogP contribution in [0, 0.1) is 0 Å². The molecule has 0 fully saturated rings. The molecule has 0 aliphatic rings. The van der Waals surface area contributed by atoms with Crippen molar-refractivity contribution in [2.75, 3.05) is 12.4 Å². The molecule has 2 N–H and O–H groups in total. The van der Waals surface area contributed by atoms with Crippen molar-refractivity contribution in [2.45, 2.75) is 11.8 Å². The van der Waals surface area contributed by atoms with Gasteiger partial charge in [-0.2, -0.15) is 13.2 Å². The minimum Gasteiger partial charge on any atom is -0.466 e. The molecule has 25 heavy (non-hydrogen) atoms. The van der Waals surface area contributed by atoms with Gasteiger partial charge in [0.2, 0.25) is 0 Å². The fourth-order valence-electron chi connectivity index (χ4n) is 1.83. The summed E-state index contributed by atoms with van der Waals surface area (Å²) in [6.45, 7) is 0. The van der Waals surface area contributed by atoms with E-state index in [9.17, 15) is 22.8 Å². The summed E-state index contributed by atoms with van der Waals surface area (Å²) in [7, 11) is 0.779. The summed E-state index contributed by atoms with van der Waals surface area (Å²) in [5.41, 5.74) is -3.63. The molecule has 2 rings (SSSR count). The first kappa shape index (κ1) is 19.0. The Labute approximate surface area is 149 Å². The van der Waals surface area contributed by atoms with Crippen LogP contribution < -0.4 is 10.6 Å². The van der Waals surface area contributed by atoms with Gasteiger partial charge in [0.1, 0.15) is 0 Å². The number of thiazole rings is 1. The molecule has 134 valence electrons. The SMILES string of the molecule is COC(=O)C(NC(=O)c1ccc(Cl)cc1)(Nc1nccs1)C(F)(F)F. The van der Waals surface area contributed by atoms with E-state index >= 15 is 0 Å². The van der Waals surface area contributed by atoms with E-state index in [0.29, 0.717) is 5.02 Å². The second-order valence-electron chi connectivity index (χ2n) is 4.66. The number of carbonyl (C=O) groups is 2. The number of carbonyl (C=O) groups excluding carboxylic acids is 2. The predicted octanol–water partition coefficient (Wildman–Crippen LogP) is 3.07. The Morgan fingerprint density at radius 2 is 1.88 bits per heavy atom. The summed E-state index contributed by atoms with van der Waals surface area (Å²) in [5, 5.41) is 5.07. The number of hydrogen-bond acceptors (Lipinski definition) is 6. The zero-order chi connectivity index (χ0) is 18.7. The molecule has 1 heterocycles. The lowest BCUT2D eigenvalue weighted by molar-refractivity contribution is -0.203. The number of nitrogens with one attached hydrogen (secondary N) is 2. The highest BCUT2D eigenvalue weighted by Crippen LogP contribution is 2.33. The van der Waals surface area contributed by atoms with Crippen molar-refractivity contribution in [2.24, 2.45) is 0 Å². The van der Waals surface area contributed by atoms with Gasteiger partial charge in [-0.15, -0.1) is 11.3 Å². The van der Waals surface area contributed by atoms with Crippen LogP contribution in [0.4, 0.5) is 18.3 Å². The Bertz CT molecular complexity index is 753. The first-order valence-corrected chi connectivity index (χ1v) is 7.86. The van der Waals surface area contributed by atoms with Crippen molar-refractivity contribution in [1.29, 1.82) is 0 Å². The van der Waals surface area contributed by atoms with E-state index in [1.165, 1.54) is 35.8 Å². The zero-order valence-electron chi connectivity index (χ0n) is 12.6. The zero-order valence-corrected chi connectivity index (χ0v) is 14.1. The van der Waals surface area contributed by atoms with E-state index in [0.717, 1.165) is 18.4 Å². The number of benzene rings is 1. The summed E-state index contributed by atoms with van der Waals surface area (Å²) >= 11 is 6.50. The van der Waals surface area contributed by atoms with Crippen LogP contribution >= 0.6 is 22.9 Å². The van der Waals surface area contributed by atoms with Gasteiger partial charge in [-0.25, -0.2) is 9.78 Å². The smallest absolute Gasteiger partial charge is 0.442 e. The van der Waals surface area contributed by atoms with E-state index in [4.69, 9.17) is 11.6 Å². The highest BCUT2D eigenvalue weighted by molar-refractivity contribution is 7.13. The molecule has 0 aliphatic carbocycles. The highest BCUT2D eigenvalue weighted by Gasteiger charge is 2.64. The number of nitrogens with zero attached hydrogens (tertiary/aromatic N) is 1. The lowest BCUT2D eigenvalue weighted by Gasteiger charge is -2.34. The van der Waals surface area contributed by atoms with Crippen LogP contribution in [0.1, 0.15) is 10.4 Å². The van der Waals surface area contributed by atoms with E-state index in [1.54, 1.807) is 5.32 Å². The quantitative estimate of drug-likeness (QED) is 0.603. The molecule has 0 radical (unpaired) electrons. The van der Waals surface area contributed by atoms with Crippen LogP contribution in [-0.2, 0) is 9.53 Å². The number of ether oxygens (including phenoxy) is 1. The van der Waals surface area contributed by atoms with Gasteiger partial charge in [-0.1, -0.05) is 11.6 Å². The number of amides is 1. The summed E-state index contributed by atoms with van der Waals surface area (Å²) in [6, 6.07) is 5.11. The molecule has 0 saturated carbocycles. The molecule has 6 nitrogen and oxygen atoms in total. The first-order chi connectivity index (χ1) is 11.7. The Morgan fingerprint density at radius 3 is 2.36 bits per heavy atom. The second kappa shape index (κ2) is 7.28. The van der Waals surface area contributed by atoms with Crippen LogP contribution in [-0.4, -0.2) is 35.8 Å². The summed E-state index contributed by atoms with van der Waals surface area (Å²) in [4.78, 5) is 27.9. The molecule has 1 amide bonds. The van der Waals surface area contributed by atoms with Crippen molar-refractivity contribution in [1.82, 2.24) is 10.3 Å². The molecule has 0 saturated heterocycles. The summed E-state index contributed by atoms with van der Waals surface area (Å²) in [6.07, 6.45) is -3.97. The van der Waals surface area contributed by atoms with Crippen molar-refractivity contribution < 1.29 is 27.5 Å². The minimum absolute atomic E-state index is 0.122. The predicted molar refractivity (Wildman–Crippen MR) is 85.5 cm³/mol. The number of halogens is 4. The number of aromatic nitrogens is 1. The van der Waals surface area contributed by atoms with Gasteiger partial charge in [0, 0.05) is 22.2 Å². The molecule has 2 aromatic rings. The van der Waals surface area contributed by atoms with Crippen LogP contribution in [0.15, 0.2) is 35.8 Å². The average Bonchev–Trinajstić information content (AvgIpc) is 3.05. The van der Waals surface area contributed by atoms with Gasteiger partial charge in [0.05, 0.1) is 7.11 Å². The maximum atomic E-state index is 13.7. The average molecular weight is 394 g/mol. The van der Waals surface area contributed by atoms with Crippen LogP contribution in [0.3, 0.4) is 0 Å². The fourth-order valence-corrected chi connectivity index (χ4v) is 2.54. The minimum atomic E-state index is -5.21. The Kier molecular flexibility index (Phi) is 5.53. The third-order valence-electron chi connectivity index (χ3n) is 3.05.